The first-order valence-electron chi connectivity index (χ1n) is 12.1. The molecule has 1 fully saturated rings. The molecule has 36 heavy (non-hydrogen) atoms. The van der Waals surface area contributed by atoms with E-state index >= 15 is 0 Å². The second-order valence-corrected chi connectivity index (χ2v) is 9.40. The maximum absolute atomic E-state index is 10.8. The minimum atomic E-state index is -0.594. The molecule has 0 spiro atoms. The van der Waals surface area contributed by atoms with Crippen molar-refractivity contribution in [1.82, 2.24) is 29.6 Å². The number of pyridine rings is 3. The number of nitrogens with two attached hydrogens (primary N) is 2. The number of aliphatic hydroxyl groups is 1. The average Bonchev–Trinajstić information content (AvgIpc) is 3.48. The van der Waals surface area contributed by atoms with E-state index in [4.69, 9.17) is 21.3 Å². The van der Waals surface area contributed by atoms with Crippen LogP contribution in [-0.2, 0) is 17.7 Å². The standard InChI is InChI=1S/C25H29N9O2/c1-14-18(9-28-11-20(14)26)21-6-15-7-22(29-10-19(15)25(27)30-21)31-23-8-16-2-4-33(17-3-5-36-13-17)24(35)12-34(16)32-23/h6-11,17,24,35H,2-5,12-13,26H2,1H3,(H2,27,30)(H,29,31,32). The van der Waals surface area contributed by atoms with E-state index in [0.29, 0.717) is 42.0 Å². The van der Waals surface area contributed by atoms with Gasteiger partial charge in [0.05, 0.1) is 30.7 Å². The van der Waals surface area contributed by atoms with Crippen LogP contribution < -0.4 is 16.8 Å². The maximum Gasteiger partial charge on any atom is 0.153 e. The Balaban J connectivity index is 1.25. The molecule has 6 N–H and O–H groups in total. The van der Waals surface area contributed by atoms with E-state index < -0.39 is 6.23 Å². The smallest absolute Gasteiger partial charge is 0.153 e. The minimum Gasteiger partial charge on any atom is -0.397 e. The number of aliphatic hydroxyl groups excluding tert-OH is 1. The molecule has 0 saturated carbocycles. The van der Waals surface area contributed by atoms with Crippen molar-refractivity contribution in [2.24, 2.45) is 0 Å². The summed E-state index contributed by atoms with van der Waals surface area (Å²) in [6.07, 6.45) is 6.24. The Morgan fingerprint density at radius 1 is 1.14 bits per heavy atom. The molecule has 2 unspecified atom stereocenters. The highest BCUT2D eigenvalue weighted by Crippen LogP contribution is 2.31. The van der Waals surface area contributed by atoms with Crippen molar-refractivity contribution in [3.8, 4) is 11.3 Å². The summed E-state index contributed by atoms with van der Waals surface area (Å²) in [5, 5.41) is 20.4. The minimum absolute atomic E-state index is 0.266. The highest BCUT2D eigenvalue weighted by molar-refractivity contribution is 5.95. The summed E-state index contributed by atoms with van der Waals surface area (Å²) < 4.78 is 7.39. The number of nitrogens with zero attached hydrogens (tertiary/aromatic N) is 6. The molecule has 6 rings (SSSR count). The Hall–Kier alpha value is -3.80. The Morgan fingerprint density at radius 2 is 2.03 bits per heavy atom. The number of hydrogen-bond donors (Lipinski definition) is 4. The zero-order valence-electron chi connectivity index (χ0n) is 20.1. The monoisotopic (exact) mass is 487 g/mol. The first kappa shape index (κ1) is 22.7. The number of fused-ring (bicyclic) bond motifs is 2. The second kappa shape index (κ2) is 9.01. The molecule has 4 aromatic rings. The van der Waals surface area contributed by atoms with Crippen LogP contribution in [0.1, 0.15) is 17.7 Å². The number of anilines is 4. The van der Waals surface area contributed by atoms with E-state index in [2.05, 4.69) is 25.2 Å². The van der Waals surface area contributed by atoms with Crippen LogP contribution in [0.3, 0.4) is 0 Å². The molecule has 186 valence electrons. The molecule has 0 aromatic carbocycles. The SMILES string of the molecule is Cc1c(N)cncc1-c1cc2cc(Nc3cc4n(n3)CC(O)N(C3CCOC3)CC4)ncc2c(N)n1. The zero-order chi connectivity index (χ0) is 24.8. The first-order chi connectivity index (χ1) is 17.5. The van der Waals surface area contributed by atoms with Crippen LogP contribution in [0.15, 0.2) is 36.8 Å². The molecule has 11 heteroatoms. The molecule has 4 aromatic heterocycles. The van der Waals surface area contributed by atoms with Gasteiger partial charge in [0.15, 0.2) is 5.82 Å². The number of rotatable bonds is 4. The summed E-state index contributed by atoms with van der Waals surface area (Å²) in [5.74, 6) is 1.71. The van der Waals surface area contributed by atoms with Gasteiger partial charge >= 0.3 is 0 Å². The summed E-state index contributed by atoms with van der Waals surface area (Å²) in [4.78, 5) is 15.4. The lowest BCUT2D eigenvalue weighted by Crippen LogP contribution is -2.45. The average molecular weight is 488 g/mol. The van der Waals surface area contributed by atoms with Gasteiger partial charge in [0.25, 0.3) is 0 Å². The maximum atomic E-state index is 10.8. The predicted octanol–water partition coefficient (Wildman–Crippen LogP) is 2.07. The van der Waals surface area contributed by atoms with Crippen molar-refractivity contribution in [2.75, 3.05) is 36.5 Å². The molecule has 0 amide bonds. The fourth-order valence-electron chi connectivity index (χ4n) is 5.05. The number of nitrogens with one attached hydrogen (secondary N) is 1. The lowest BCUT2D eigenvalue weighted by atomic mass is 10.0. The molecule has 11 nitrogen and oxygen atoms in total. The quantitative estimate of drug-likeness (QED) is 0.336. The molecule has 0 aliphatic carbocycles. The van der Waals surface area contributed by atoms with Gasteiger partial charge in [0.2, 0.25) is 0 Å². The second-order valence-electron chi connectivity index (χ2n) is 9.40. The van der Waals surface area contributed by atoms with E-state index in [1.807, 2.05) is 29.8 Å². The van der Waals surface area contributed by atoms with Gasteiger partial charge in [-0.25, -0.2) is 9.97 Å². The van der Waals surface area contributed by atoms with E-state index in [1.165, 1.54) is 0 Å². The summed E-state index contributed by atoms with van der Waals surface area (Å²) >= 11 is 0. The number of hydrogen-bond acceptors (Lipinski definition) is 10. The van der Waals surface area contributed by atoms with Gasteiger partial charge in [-0.3, -0.25) is 14.6 Å². The highest BCUT2D eigenvalue weighted by atomic mass is 16.5. The highest BCUT2D eigenvalue weighted by Gasteiger charge is 2.31. The van der Waals surface area contributed by atoms with Gasteiger partial charge in [-0.2, -0.15) is 5.10 Å². The van der Waals surface area contributed by atoms with Crippen molar-refractivity contribution < 1.29 is 9.84 Å². The topological polar surface area (TPSA) is 153 Å². The molecular weight excluding hydrogens is 458 g/mol. The summed E-state index contributed by atoms with van der Waals surface area (Å²) in [6.45, 7) is 4.55. The van der Waals surface area contributed by atoms with Crippen LogP contribution in [0.2, 0.25) is 0 Å². The summed E-state index contributed by atoms with van der Waals surface area (Å²) in [6, 6.07) is 6.17. The van der Waals surface area contributed by atoms with Crippen molar-refractivity contribution in [3.63, 3.8) is 0 Å². The Bertz CT molecular complexity index is 1430. The molecule has 2 atom stereocenters. The van der Waals surface area contributed by atoms with Crippen molar-refractivity contribution in [3.05, 3.63) is 48.0 Å². The summed E-state index contributed by atoms with van der Waals surface area (Å²) in [5.41, 5.74) is 16.4. The lowest BCUT2D eigenvalue weighted by Gasteiger charge is -2.30. The number of ether oxygens (including phenoxy) is 1. The van der Waals surface area contributed by atoms with Crippen LogP contribution in [-0.4, -0.2) is 66.8 Å². The Morgan fingerprint density at radius 3 is 2.86 bits per heavy atom. The van der Waals surface area contributed by atoms with Crippen LogP contribution in [0, 0.1) is 6.92 Å². The van der Waals surface area contributed by atoms with Gasteiger partial charge in [0, 0.05) is 60.7 Å². The number of aromatic nitrogens is 5. The molecule has 1 saturated heterocycles. The molecule has 6 heterocycles. The van der Waals surface area contributed by atoms with Gasteiger partial charge in [-0.15, -0.1) is 0 Å². The fraction of sp³-hybridized carbons (Fsp3) is 0.360. The van der Waals surface area contributed by atoms with Gasteiger partial charge in [-0.05, 0) is 36.4 Å². The Labute approximate surface area is 208 Å². The molecule has 2 aliphatic heterocycles. The molecular formula is C25H29N9O2. The van der Waals surface area contributed by atoms with Crippen molar-refractivity contribution in [1.29, 1.82) is 0 Å². The lowest BCUT2D eigenvalue weighted by molar-refractivity contribution is -0.0329. The zero-order valence-corrected chi connectivity index (χ0v) is 20.1. The van der Waals surface area contributed by atoms with Crippen LogP contribution in [0.25, 0.3) is 22.0 Å². The van der Waals surface area contributed by atoms with E-state index in [0.717, 1.165) is 53.6 Å². The van der Waals surface area contributed by atoms with Crippen molar-refractivity contribution in [2.45, 2.75) is 38.6 Å². The number of nitrogen functional groups attached to an aromatic ring is 2. The van der Waals surface area contributed by atoms with Crippen LogP contribution in [0.4, 0.5) is 23.1 Å². The first-order valence-corrected chi connectivity index (χ1v) is 12.1. The van der Waals surface area contributed by atoms with Crippen molar-refractivity contribution >= 4 is 33.9 Å². The predicted molar refractivity (Wildman–Crippen MR) is 137 cm³/mol. The largest absolute Gasteiger partial charge is 0.397 e. The Kier molecular flexibility index (Phi) is 5.67. The molecule has 2 aliphatic rings. The third-order valence-electron chi connectivity index (χ3n) is 7.11. The normalized spacial score (nSPS) is 20.4. The van der Waals surface area contributed by atoms with Crippen LogP contribution >= 0.6 is 0 Å². The van der Waals surface area contributed by atoms with Crippen LogP contribution in [0.5, 0.6) is 0 Å². The van der Waals surface area contributed by atoms with Gasteiger partial charge < -0.3 is 26.6 Å². The summed E-state index contributed by atoms with van der Waals surface area (Å²) in [7, 11) is 0. The van der Waals surface area contributed by atoms with Gasteiger partial charge in [0.1, 0.15) is 17.9 Å². The van der Waals surface area contributed by atoms with E-state index in [1.54, 1.807) is 18.6 Å². The third kappa shape index (κ3) is 4.11. The molecule has 0 bridgehead atoms. The molecule has 0 radical (unpaired) electrons. The third-order valence-corrected chi connectivity index (χ3v) is 7.11. The van der Waals surface area contributed by atoms with E-state index in [9.17, 15) is 5.11 Å². The fourth-order valence-corrected chi connectivity index (χ4v) is 5.05. The van der Waals surface area contributed by atoms with Gasteiger partial charge in [-0.1, -0.05) is 0 Å². The van der Waals surface area contributed by atoms with E-state index in [-0.39, 0.29) is 6.04 Å².